The highest BCUT2D eigenvalue weighted by Crippen LogP contribution is 2.25. The summed E-state index contributed by atoms with van der Waals surface area (Å²) in [6, 6.07) is 12.1. The molecule has 0 fully saturated rings. The van der Waals surface area contributed by atoms with E-state index in [2.05, 4.69) is 5.32 Å². The molecule has 2 aromatic carbocycles. The first-order valence-electron chi connectivity index (χ1n) is 6.27. The Hall–Kier alpha value is -1.72. The quantitative estimate of drug-likeness (QED) is 0.915. The topological polar surface area (TPSA) is 55.4 Å². The molecule has 0 unspecified atom stereocenters. The fourth-order valence-corrected chi connectivity index (χ4v) is 3.07. The number of methoxy groups -OCH3 is 1. The molecule has 0 aliphatic heterocycles. The number of para-hydroxylation sites is 1. The first kappa shape index (κ1) is 15.7. The van der Waals surface area contributed by atoms with Gasteiger partial charge in [0.05, 0.1) is 17.7 Å². The Morgan fingerprint density at radius 2 is 1.90 bits per heavy atom. The average molecular weight is 326 g/mol. The summed E-state index contributed by atoms with van der Waals surface area (Å²) in [5.41, 5.74) is 1.41. The lowest BCUT2D eigenvalue weighted by Gasteiger charge is -2.13. The average Bonchev–Trinajstić information content (AvgIpc) is 2.44. The third kappa shape index (κ3) is 3.89. The van der Waals surface area contributed by atoms with Gasteiger partial charge in [0.1, 0.15) is 5.75 Å². The van der Waals surface area contributed by atoms with E-state index in [0.29, 0.717) is 23.0 Å². The molecule has 0 aromatic heterocycles. The van der Waals surface area contributed by atoms with Crippen molar-refractivity contribution in [1.29, 1.82) is 0 Å². The summed E-state index contributed by atoms with van der Waals surface area (Å²) in [6.07, 6.45) is 1.19. The molecule has 0 saturated heterocycles. The number of anilines is 1. The van der Waals surface area contributed by atoms with Gasteiger partial charge >= 0.3 is 0 Å². The highest BCUT2D eigenvalue weighted by Gasteiger charge is 2.13. The Kier molecular flexibility index (Phi) is 4.75. The van der Waals surface area contributed by atoms with Crippen LogP contribution in [-0.2, 0) is 16.4 Å². The lowest BCUT2D eigenvalue weighted by Crippen LogP contribution is -2.07. The van der Waals surface area contributed by atoms with Crippen LogP contribution < -0.4 is 10.1 Å². The van der Waals surface area contributed by atoms with Gasteiger partial charge in [-0.05, 0) is 30.3 Å². The van der Waals surface area contributed by atoms with Crippen molar-refractivity contribution in [2.24, 2.45) is 0 Å². The molecule has 0 radical (unpaired) electrons. The molecule has 0 aliphatic rings. The number of halogens is 1. The second-order valence-corrected chi connectivity index (χ2v) is 7.00. The normalized spacial score (nSPS) is 11.2. The van der Waals surface area contributed by atoms with Crippen LogP contribution in [0.15, 0.2) is 47.4 Å². The Bertz CT molecular complexity index is 744. The molecular formula is C15H16ClNO3S. The predicted molar refractivity (Wildman–Crippen MR) is 84.9 cm³/mol. The zero-order valence-electron chi connectivity index (χ0n) is 11.8. The number of sulfone groups is 1. The molecule has 0 spiro atoms. The molecule has 0 amide bonds. The van der Waals surface area contributed by atoms with E-state index in [1.165, 1.54) is 6.26 Å². The SMILES string of the molecule is COc1ccc(Cl)cc1CNc1ccccc1S(C)(=O)=O. The highest BCUT2D eigenvalue weighted by molar-refractivity contribution is 7.90. The van der Waals surface area contributed by atoms with Crippen LogP contribution >= 0.6 is 11.6 Å². The van der Waals surface area contributed by atoms with Gasteiger partial charge in [0, 0.05) is 23.4 Å². The molecule has 2 aromatic rings. The molecule has 0 heterocycles. The fourth-order valence-electron chi connectivity index (χ4n) is 2.01. The lowest BCUT2D eigenvalue weighted by atomic mass is 10.2. The number of ether oxygens (including phenoxy) is 1. The lowest BCUT2D eigenvalue weighted by molar-refractivity contribution is 0.410. The molecule has 6 heteroatoms. The van der Waals surface area contributed by atoms with E-state index in [4.69, 9.17) is 16.3 Å². The molecule has 2 rings (SSSR count). The van der Waals surface area contributed by atoms with Crippen LogP contribution in [0.5, 0.6) is 5.75 Å². The summed E-state index contributed by atoms with van der Waals surface area (Å²) in [4.78, 5) is 0.269. The van der Waals surface area contributed by atoms with E-state index in [1.54, 1.807) is 49.6 Å². The van der Waals surface area contributed by atoms with Crippen molar-refractivity contribution in [3.8, 4) is 5.75 Å². The molecule has 0 atom stereocenters. The van der Waals surface area contributed by atoms with Gasteiger partial charge in [-0.2, -0.15) is 0 Å². The van der Waals surface area contributed by atoms with Gasteiger partial charge in [-0.25, -0.2) is 8.42 Å². The fraction of sp³-hybridized carbons (Fsp3) is 0.200. The van der Waals surface area contributed by atoms with Crippen LogP contribution in [0.3, 0.4) is 0 Å². The number of nitrogens with one attached hydrogen (secondary N) is 1. The second-order valence-electron chi connectivity index (χ2n) is 4.58. The molecule has 4 nitrogen and oxygen atoms in total. The van der Waals surface area contributed by atoms with E-state index >= 15 is 0 Å². The van der Waals surface area contributed by atoms with E-state index in [0.717, 1.165) is 5.56 Å². The molecular weight excluding hydrogens is 310 g/mol. The summed E-state index contributed by atoms with van der Waals surface area (Å²) in [7, 11) is -1.70. The van der Waals surface area contributed by atoms with E-state index in [9.17, 15) is 8.42 Å². The van der Waals surface area contributed by atoms with E-state index in [1.807, 2.05) is 0 Å². The largest absolute Gasteiger partial charge is 0.496 e. The van der Waals surface area contributed by atoms with Crippen LogP contribution in [0.1, 0.15) is 5.56 Å². The molecule has 0 aliphatic carbocycles. The van der Waals surface area contributed by atoms with Gasteiger partial charge in [-0.3, -0.25) is 0 Å². The van der Waals surface area contributed by atoms with Crippen molar-refractivity contribution < 1.29 is 13.2 Å². The van der Waals surface area contributed by atoms with Gasteiger partial charge in [0.25, 0.3) is 0 Å². The second kappa shape index (κ2) is 6.37. The van der Waals surface area contributed by atoms with Gasteiger partial charge < -0.3 is 10.1 Å². The number of benzene rings is 2. The molecule has 0 saturated carbocycles. The maximum absolute atomic E-state index is 11.8. The maximum atomic E-state index is 11.8. The van der Waals surface area contributed by atoms with Crippen molar-refractivity contribution in [3.63, 3.8) is 0 Å². The van der Waals surface area contributed by atoms with Crippen molar-refractivity contribution in [3.05, 3.63) is 53.1 Å². The highest BCUT2D eigenvalue weighted by atomic mass is 35.5. The summed E-state index contributed by atoms with van der Waals surface area (Å²) in [5, 5.41) is 3.72. The Labute approximate surface area is 129 Å². The molecule has 0 bridgehead atoms. The Morgan fingerprint density at radius 3 is 2.57 bits per heavy atom. The number of rotatable bonds is 5. The predicted octanol–water partition coefficient (Wildman–Crippen LogP) is 3.36. The third-order valence-electron chi connectivity index (χ3n) is 3.00. The van der Waals surface area contributed by atoms with Gasteiger partial charge in [-0.1, -0.05) is 23.7 Å². The van der Waals surface area contributed by atoms with E-state index < -0.39 is 9.84 Å². The monoisotopic (exact) mass is 325 g/mol. The molecule has 112 valence electrons. The minimum absolute atomic E-state index is 0.269. The molecule has 1 N–H and O–H groups in total. The minimum Gasteiger partial charge on any atom is -0.496 e. The van der Waals surface area contributed by atoms with Crippen molar-refractivity contribution in [2.75, 3.05) is 18.7 Å². The summed E-state index contributed by atoms with van der Waals surface area (Å²) < 4.78 is 28.8. The van der Waals surface area contributed by atoms with Crippen molar-refractivity contribution >= 4 is 27.1 Å². The maximum Gasteiger partial charge on any atom is 0.177 e. The van der Waals surface area contributed by atoms with Crippen LogP contribution in [-0.4, -0.2) is 21.8 Å². The first-order chi connectivity index (χ1) is 9.91. The van der Waals surface area contributed by atoms with Crippen molar-refractivity contribution in [2.45, 2.75) is 11.4 Å². The van der Waals surface area contributed by atoms with Gasteiger partial charge in [0.15, 0.2) is 9.84 Å². The van der Waals surface area contributed by atoms with Crippen LogP contribution in [0.2, 0.25) is 5.02 Å². The van der Waals surface area contributed by atoms with Gasteiger partial charge in [0.2, 0.25) is 0 Å². The van der Waals surface area contributed by atoms with E-state index in [-0.39, 0.29) is 4.90 Å². The first-order valence-corrected chi connectivity index (χ1v) is 8.54. The van der Waals surface area contributed by atoms with Crippen LogP contribution in [0, 0.1) is 0 Å². The standard InChI is InChI=1S/C15H16ClNO3S/c1-20-14-8-7-12(16)9-11(14)10-17-13-5-3-4-6-15(13)21(2,18)19/h3-9,17H,10H2,1-2H3. The Morgan fingerprint density at radius 1 is 1.19 bits per heavy atom. The Balaban J connectivity index is 2.27. The van der Waals surface area contributed by atoms with Crippen LogP contribution in [0.25, 0.3) is 0 Å². The smallest absolute Gasteiger partial charge is 0.177 e. The number of hydrogen-bond donors (Lipinski definition) is 1. The zero-order valence-corrected chi connectivity index (χ0v) is 13.3. The third-order valence-corrected chi connectivity index (χ3v) is 4.39. The number of hydrogen-bond acceptors (Lipinski definition) is 4. The summed E-state index contributed by atoms with van der Waals surface area (Å²) in [5.74, 6) is 0.698. The van der Waals surface area contributed by atoms with Crippen molar-refractivity contribution in [1.82, 2.24) is 0 Å². The molecule has 21 heavy (non-hydrogen) atoms. The van der Waals surface area contributed by atoms with Gasteiger partial charge in [-0.15, -0.1) is 0 Å². The van der Waals surface area contributed by atoms with Crippen LogP contribution in [0.4, 0.5) is 5.69 Å². The summed E-state index contributed by atoms with van der Waals surface area (Å²) in [6.45, 7) is 0.413. The minimum atomic E-state index is -3.28. The zero-order chi connectivity index (χ0) is 15.5. The summed E-state index contributed by atoms with van der Waals surface area (Å²) >= 11 is 5.98.